The van der Waals surface area contributed by atoms with Gasteiger partial charge in [-0.2, -0.15) is 0 Å². The van der Waals surface area contributed by atoms with Gasteiger partial charge in [0.05, 0.1) is 19.2 Å². The fourth-order valence-corrected chi connectivity index (χ4v) is 3.41. The summed E-state index contributed by atoms with van der Waals surface area (Å²) in [4.78, 5) is 51.6. The maximum Gasteiger partial charge on any atom is 0.328 e. The zero-order valence-electron chi connectivity index (χ0n) is 16.9. The number of carbonyl (C=O) groups is 4. The summed E-state index contributed by atoms with van der Waals surface area (Å²) in [6, 6.07) is 14.8. The van der Waals surface area contributed by atoms with Crippen LogP contribution in [0.5, 0.6) is 5.75 Å². The summed E-state index contributed by atoms with van der Waals surface area (Å²) < 4.78 is 5.10. The Bertz CT molecular complexity index is 1000. The Morgan fingerprint density at radius 2 is 1.77 bits per heavy atom. The first-order valence-electron chi connectivity index (χ1n) is 9.67. The van der Waals surface area contributed by atoms with Gasteiger partial charge in [0.1, 0.15) is 11.8 Å². The number of nitrogens with zero attached hydrogens (tertiary/aromatic N) is 2. The Hall–Kier alpha value is -3.94. The Kier molecular flexibility index (Phi) is 6.81. The highest BCUT2D eigenvalue weighted by molar-refractivity contribution is 6.23. The average molecular weight is 422 g/mol. The van der Waals surface area contributed by atoms with Gasteiger partial charge in [0.15, 0.2) is 0 Å². The van der Waals surface area contributed by atoms with E-state index in [4.69, 9.17) is 9.84 Å². The first-order chi connectivity index (χ1) is 14.9. The summed E-state index contributed by atoms with van der Waals surface area (Å²) in [7, 11) is 1.51. The number of methoxy groups -OCH3 is 1. The molecular formula is C23H22N2O6. The Morgan fingerprint density at radius 3 is 2.39 bits per heavy atom. The Balaban J connectivity index is 1.84. The van der Waals surface area contributed by atoms with Crippen LogP contribution in [0.4, 0.5) is 5.69 Å². The van der Waals surface area contributed by atoms with E-state index < -0.39 is 29.7 Å². The maximum absolute atomic E-state index is 13.1. The zero-order valence-corrected chi connectivity index (χ0v) is 16.9. The standard InChI is InChI=1S/C23H22N2O6/c1-31-18-9-7-17(8-10-18)25-21(27)15-19(23(25)30)24(20(26)11-12-22(28)29)14-13-16-5-3-2-4-6-16/h2-12,19H,13-15H2,1H3,(H,28,29)/b12-11+/t19-/m1/s1. The van der Waals surface area contributed by atoms with Gasteiger partial charge in [-0.1, -0.05) is 30.3 Å². The van der Waals surface area contributed by atoms with Gasteiger partial charge in [-0.15, -0.1) is 0 Å². The Morgan fingerprint density at radius 1 is 1.10 bits per heavy atom. The van der Waals surface area contributed by atoms with Gasteiger partial charge in [-0.05, 0) is 36.2 Å². The summed E-state index contributed by atoms with van der Waals surface area (Å²) in [5.41, 5.74) is 1.33. The van der Waals surface area contributed by atoms with Crippen molar-refractivity contribution >= 4 is 29.4 Å². The van der Waals surface area contributed by atoms with Gasteiger partial charge in [0.2, 0.25) is 11.8 Å². The van der Waals surface area contributed by atoms with E-state index in [0.29, 0.717) is 17.9 Å². The molecule has 8 heteroatoms. The van der Waals surface area contributed by atoms with E-state index in [1.54, 1.807) is 24.3 Å². The number of ether oxygens (including phenoxy) is 1. The summed E-state index contributed by atoms with van der Waals surface area (Å²) in [5.74, 6) is -2.29. The molecule has 1 aliphatic heterocycles. The van der Waals surface area contributed by atoms with E-state index in [9.17, 15) is 19.2 Å². The minimum atomic E-state index is -1.27. The van der Waals surface area contributed by atoms with E-state index in [1.807, 2.05) is 30.3 Å². The predicted molar refractivity (Wildman–Crippen MR) is 113 cm³/mol. The number of hydrogen-bond donors (Lipinski definition) is 1. The van der Waals surface area contributed by atoms with Crippen LogP contribution < -0.4 is 9.64 Å². The van der Waals surface area contributed by atoms with Crippen LogP contribution >= 0.6 is 0 Å². The molecular weight excluding hydrogens is 400 g/mol. The molecule has 1 saturated heterocycles. The fourth-order valence-electron chi connectivity index (χ4n) is 3.41. The van der Waals surface area contributed by atoms with Crippen LogP contribution in [0.2, 0.25) is 0 Å². The lowest BCUT2D eigenvalue weighted by molar-refractivity contribution is -0.135. The van der Waals surface area contributed by atoms with Gasteiger partial charge < -0.3 is 14.7 Å². The minimum Gasteiger partial charge on any atom is -0.497 e. The number of imide groups is 1. The topological polar surface area (TPSA) is 104 Å². The summed E-state index contributed by atoms with van der Waals surface area (Å²) in [5, 5.41) is 8.85. The lowest BCUT2D eigenvalue weighted by atomic mass is 10.1. The van der Waals surface area contributed by atoms with Crippen molar-refractivity contribution in [2.75, 3.05) is 18.6 Å². The lowest BCUT2D eigenvalue weighted by Crippen LogP contribution is -2.45. The first kappa shape index (κ1) is 21.8. The zero-order chi connectivity index (χ0) is 22.4. The fraction of sp³-hybridized carbons (Fsp3) is 0.217. The number of carboxylic acids is 1. The molecule has 2 aromatic carbocycles. The second-order valence-electron chi connectivity index (χ2n) is 6.92. The van der Waals surface area contributed by atoms with E-state index in [0.717, 1.165) is 22.6 Å². The highest BCUT2D eigenvalue weighted by Crippen LogP contribution is 2.27. The number of anilines is 1. The molecule has 3 amide bonds. The summed E-state index contributed by atoms with van der Waals surface area (Å²) >= 11 is 0. The average Bonchev–Trinajstić information content (AvgIpc) is 3.07. The van der Waals surface area contributed by atoms with Gasteiger partial charge >= 0.3 is 5.97 Å². The second kappa shape index (κ2) is 9.71. The molecule has 0 aromatic heterocycles. The van der Waals surface area contributed by atoms with E-state index in [2.05, 4.69) is 0 Å². The van der Waals surface area contributed by atoms with Crippen LogP contribution in [0, 0.1) is 0 Å². The highest BCUT2D eigenvalue weighted by Gasteiger charge is 2.43. The quantitative estimate of drug-likeness (QED) is 0.516. The van der Waals surface area contributed by atoms with Crippen LogP contribution in [0.3, 0.4) is 0 Å². The van der Waals surface area contributed by atoms with Crippen molar-refractivity contribution in [3.63, 3.8) is 0 Å². The van der Waals surface area contributed by atoms with E-state index >= 15 is 0 Å². The third-order valence-corrected chi connectivity index (χ3v) is 4.97. The lowest BCUT2D eigenvalue weighted by Gasteiger charge is -2.26. The predicted octanol–water partition coefficient (Wildman–Crippen LogP) is 2.04. The monoisotopic (exact) mass is 422 g/mol. The summed E-state index contributed by atoms with van der Waals surface area (Å²) in [6.45, 7) is 0.160. The largest absolute Gasteiger partial charge is 0.497 e. The normalized spacial score (nSPS) is 16.0. The second-order valence-corrected chi connectivity index (χ2v) is 6.92. The molecule has 0 saturated carbocycles. The Labute approximate surface area is 179 Å². The molecule has 1 aliphatic rings. The molecule has 1 fully saturated rings. The van der Waals surface area contributed by atoms with Crippen molar-refractivity contribution < 1.29 is 29.0 Å². The molecule has 1 N–H and O–H groups in total. The number of carbonyl (C=O) groups excluding carboxylic acids is 3. The van der Waals surface area contributed by atoms with Crippen LogP contribution in [-0.4, -0.2) is 53.4 Å². The number of benzene rings is 2. The van der Waals surface area contributed by atoms with Crippen LogP contribution in [0.25, 0.3) is 0 Å². The SMILES string of the molecule is COc1ccc(N2C(=O)C[C@@H](N(CCc3ccccc3)C(=O)/C=C/C(=O)O)C2=O)cc1. The van der Waals surface area contributed by atoms with E-state index in [-0.39, 0.29) is 13.0 Å². The van der Waals surface area contributed by atoms with Crippen molar-refractivity contribution in [3.05, 3.63) is 72.3 Å². The smallest absolute Gasteiger partial charge is 0.328 e. The molecule has 1 atom stereocenters. The number of aliphatic carboxylic acids is 1. The van der Waals surface area contributed by atoms with E-state index in [1.165, 1.54) is 12.0 Å². The number of carboxylic acid groups (broad SMARTS) is 1. The molecule has 160 valence electrons. The van der Waals surface area contributed by atoms with Crippen molar-refractivity contribution in [2.24, 2.45) is 0 Å². The molecule has 0 radical (unpaired) electrons. The molecule has 2 aromatic rings. The molecule has 8 nitrogen and oxygen atoms in total. The number of hydrogen-bond acceptors (Lipinski definition) is 5. The summed E-state index contributed by atoms with van der Waals surface area (Å²) in [6.07, 6.45) is 1.90. The molecule has 3 rings (SSSR count). The van der Waals surface area contributed by atoms with Gasteiger partial charge in [0, 0.05) is 18.7 Å². The van der Waals surface area contributed by atoms with Crippen molar-refractivity contribution in [3.8, 4) is 5.75 Å². The molecule has 0 spiro atoms. The van der Waals surface area contributed by atoms with Crippen LogP contribution in [0.1, 0.15) is 12.0 Å². The minimum absolute atomic E-state index is 0.160. The van der Waals surface area contributed by atoms with Crippen LogP contribution in [-0.2, 0) is 25.6 Å². The highest BCUT2D eigenvalue weighted by atomic mass is 16.5. The molecule has 31 heavy (non-hydrogen) atoms. The third kappa shape index (κ3) is 5.16. The molecule has 0 bridgehead atoms. The molecule has 0 aliphatic carbocycles. The van der Waals surface area contributed by atoms with Gasteiger partial charge in [-0.3, -0.25) is 14.4 Å². The number of amides is 3. The van der Waals surface area contributed by atoms with Gasteiger partial charge in [-0.25, -0.2) is 9.69 Å². The molecule has 0 unspecified atom stereocenters. The van der Waals surface area contributed by atoms with Crippen molar-refractivity contribution in [1.29, 1.82) is 0 Å². The molecule has 1 heterocycles. The third-order valence-electron chi connectivity index (χ3n) is 4.97. The van der Waals surface area contributed by atoms with Crippen molar-refractivity contribution in [2.45, 2.75) is 18.9 Å². The van der Waals surface area contributed by atoms with Crippen molar-refractivity contribution in [1.82, 2.24) is 4.90 Å². The first-order valence-corrected chi connectivity index (χ1v) is 9.67. The van der Waals surface area contributed by atoms with Crippen LogP contribution in [0.15, 0.2) is 66.7 Å². The number of rotatable bonds is 8. The maximum atomic E-state index is 13.1. The van der Waals surface area contributed by atoms with Gasteiger partial charge in [0.25, 0.3) is 5.91 Å².